The maximum Gasteiger partial charge on any atom is 0.472 e. The summed E-state index contributed by atoms with van der Waals surface area (Å²) in [5.74, 6) is -2.22. The molecule has 17 nitrogen and oxygen atoms in total. The van der Waals surface area contributed by atoms with Crippen LogP contribution in [0.2, 0.25) is 0 Å². The van der Waals surface area contributed by atoms with Gasteiger partial charge in [0.2, 0.25) is 0 Å². The first kappa shape index (κ1) is 98.5. The van der Waals surface area contributed by atoms with Crippen LogP contribution in [0, 0.1) is 0 Å². The Balaban J connectivity index is 5.39. The lowest BCUT2D eigenvalue weighted by Crippen LogP contribution is -2.30. The van der Waals surface area contributed by atoms with Crippen LogP contribution < -0.4 is 0 Å². The monoisotopic (exact) mass is 1480 g/mol. The normalized spacial score (nSPS) is 14.2. The molecule has 5 atom stereocenters. The summed E-state index contributed by atoms with van der Waals surface area (Å²) in [5, 5.41) is 10.6. The first-order valence-electron chi connectivity index (χ1n) is 41.2. The van der Waals surface area contributed by atoms with Crippen molar-refractivity contribution in [2.75, 3.05) is 39.6 Å². The Bertz CT molecular complexity index is 2210. The Morgan fingerprint density at radius 1 is 0.275 bits per heavy atom. The van der Waals surface area contributed by atoms with Gasteiger partial charge in [-0.25, -0.2) is 9.13 Å². The summed E-state index contributed by atoms with van der Waals surface area (Å²) in [6.45, 7) is 4.83. The molecule has 0 spiro atoms. The molecule has 0 aromatic heterocycles. The van der Waals surface area contributed by atoms with Gasteiger partial charge in [-0.05, 0) is 116 Å². The zero-order valence-electron chi connectivity index (χ0n) is 65.0. The molecule has 0 aromatic rings. The molecule has 0 radical (unpaired) electrons. The molecule has 0 rings (SSSR count). The van der Waals surface area contributed by atoms with Crippen LogP contribution in [-0.4, -0.2) is 96.7 Å². The van der Waals surface area contributed by atoms with Crippen LogP contribution in [-0.2, 0) is 65.4 Å². The highest BCUT2D eigenvalue weighted by Gasteiger charge is 2.30. The van der Waals surface area contributed by atoms with E-state index in [0.717, 1.165) is 122 Å². The first-order valence-corrected chi connectivity index (χ1v) is 44.2. The van der Waals surface area contributed by atoms with Gasteiger partial charge in [0.1, 0.15) is 19.3 Å². The quantitative estimate of drug-likeness (QED) is 0.0169. The second-order valence-electron chi connectivity index (χ2n) is 27.7. The summed E-state index contributed by atoms with van der Waals surface area (Å²) >= 11 is 0. The number of hydrogen-bond donors (Lipinski definition) is 3. The molecule has 0 aromatic carbocycles. The van der Waals surface area contributed by atoms with Gasteiger partial charge in [-0.1, -0.05) is 306 Å². The van der Waals surface area contributed by atoms with Crippen LogP contribution in [0.15, 0.2) is 72.9 Å². The number of esters is 4. The van der Waals surface area contributed by atoms with E-state index >= 15 is 0 Å². The lowest BCUT2D eigenvalue weighted by Gasteiger charge is -2.21. The van der Waals surface area contributed by atoms with Crippen molar-refractivity contribution in [3.05, 3.63) is 72.9 Å². The third-order valence-electron chi connectivity index (χ3n) is 17.6. The van der Waals surface area contributed by atoms with Crippen molar-refractivity contribution < 1.29 is 80.2 Å². The van der Waals surface area contributed by atoms with Crippen LogP contribution in [0.25, 0.3) is 0 Å². The minimum Gasteiger partial charge on any atom is -0.462 e. The summed E-state index contributed by atoms with van der Waals surface area (Å²) in [5.41, 5.74) is 0. The number of phosphoric ester groups is 2. The van der Waals surface area contributed by atoms with E-state index < -0.39 is 97.5 Å². The molecule has 0 bridgehead atoms. The minimum atomic E-state index is -4.99. The van der Waals surface area contributed by atoms with Crippen LogP contribution in [0.4, 0.5) is 0 Å². The summed E-state index contributed by atoms with van der Waals surface area (Å²) in [4.78, 5) is 73.0. The van der Waals surface area contributed by atoms with E-state index in [9.17, 15) is 43.2 Å². The van der Waals surface area contributed by atoms with Crippen LogP contribution >= 0.6 is 15.6 Å². The van der Waals surface area contributed by atoms with E-state index in [0.29, 0.717) is 32.1 Å². The van der Waals surface area contributed by atoms with Crippen molar-refractivity contribution >= 4 is 39.5 Å². The Hall–Kier alpha value is -3.50. The van der Waals surface area contributed by atoms with Crippen LogP contribution in [0.3, 0.4) is 0 Å². The minimum absolute atomic E-state index is 0.0211. The zero-order chi connectivity index (χ0) is 74.6. The average Bonchev–Trinajstić information content (AvgIpc) is 0.917. The van der Waals surface area contributed by atoms with Gasteiger partial charge in [-0.15, -0.1) is 0 Å². The number of carbonyl (C=O) groups excluding carboxylic acids is 4. The van der Waals surface area contributed by atoms with Crippen LogP contribution in [0.5, 0.6) is 0 Å². The molecule has 3 N–H and O–H groups in total. The lowest BCUT2D eigenvalue weighted by molar-refractivity contribution is -0.161. The molecule has 19 heteroatoms. The molecule has 594 valence electrons. The number of unbranched alkanes of at least 4 members (excludes halogenated alkanes) is 40. The van der Waals surface area contributed by atoms with Crippen molar-refractivity contribution in [1.29, 1.82) is 0 Å². The van der Waals surface area contributed by atoms with E-state index in [1.54, 1.807) is 0 Å². The number of aliphatic hydroxyl groups excluding tert-OH is 1. The summed E-state index contributed by atoms with van der Waals surface area (Å²) in [7, 11) is -9.97. The Kier molecular flexibility index (Phi) is 73.1. The van der Waals surface area contributed by atoms with E-state index in [1.807, 2.05) is 12.2 Å². The molecule has 0 aliphatic carbocycles. The number of aliphatic hydroxyl groups is 1. The summed E-state index contributed by atoms with van der Waals surface area (Å²) in [6, 6.07) is 0. The van der Waals surface area contributed by atoms with Gasteiger partial charge in [-0.2, -0.15) is 0 Å². The summed E-state index contributed by atoms with van der Waals surface area (Å²) < 4.78 is 68.6. The Morgan fingerprint density at radius 3 is 0.814 bits per heavy atom. The predicted octanol–water partition coefficient (Wildman–Crippen LogP) is 24.0. The van der Waals surface area contributed by atoms with Gasteiger partial charge < -0.3 is 33.8 Å². The number of hydrogen-bond acceptors (Lipinski definition) is 15. The second-order valence-corrected chi connectivity index (χ2v) is 30.6. The average molecular weight is 1480 g/mol. The van der Waals surface area contributed by atoms with Crippen molar-refractivity contribution in [2.45, 2.75) is 393 Å². The fourth-order valence-corrected chi connectivity index (χ4v) is 12.9. The van der Waals surface area contributed by atoms with Crippen molar-refractivity contribution in [2.24, 2.45) is 0 Å². The molecular weight excluding hydrogens is 1330 g/mol. The van der Waals surface area contributed by atoms with Gasteiger partial charge >= 0.3 is 39.5 Å². The number of phosphoric acid groups is 2. The maximum atomic E-state index is 13.1. The van der Waals surface area contributed by atoms with E-state index in [4.69, 9.17) is 37.0 Å². The summed E-state index contributed by atoms with van der Waals surface area (Å²) in [6.07, 6.45) is 77.3. The molecule has 0 amide bonds. The van der Waals surface area contributed by atoms with Gasteiger partial charge in [0, 0.05) is 25.7 Å². The zero-order valence-corrected chi connectivity index (χ0v) is 66.8. The SMILES string of the molecule is CCCCC/C=C\C/C=C\C/C=C\C/C=C\CCCC(=O)O[C@H](COC(=O)CCCCCCCCC/C=C\CCCCCC)COP(=O)(O)OC[C@@H](O)COP(=O)(O)OC[C@@H](COC(=O)CCCCCCCCCCCCCCCCC)OC(=O)CCCCCCC/C=C\CCCCCCCC. The first-order chi connectivity index (χ1) is 49.7. The van der Waals surface area contributed by atoms with Gasteiger partial charge in [0.25, 0.3) is 0 Å². The van der Waals surface area contributed by atoms with Gasteiger partial charge in [0.15, 0.2) is 12.2 Å². The largest absolute Gasteiger partial charge is 0.472 e. The highest BCUT2D eigenvalue weighted by Crippen LogP contribution is 2.45. The fourth-order valence-electron chi connectivity index (χ4n) is 11.3. The number of allylic oxidation sites excluding steroid dienone is 12. The van der Waals surface area contributed by atoms with Crippen LogP contribution in [0.1, 0.15) is 374 Å². The second kappa shape index (κ2) is 75.7. The molecule has 0 fully saturated rings. The molecule has 0 aliphatic rings. The third-order valence-corrected chi connectivity index (χ3v) is 19.5. The van der Waals surface area contributed by atoms with Crippen molar-refractivity contribution in [3.63, 3.8) is 0 Å². The molecule has 0 heterocycles. The Morgan fingerprint density at radius 2 is 0.490 bits per heavy atom. The van der Waals surface area contributed by atoms with Crippen molar-refractivity contribution in [3.8, 4) is 0 Å². The van der Waals surface area contributed by atoms with E-state index in [-0.39, 0.29) is 25.7 Å². The van der Waals surface area contributed by atoms with Gasteiger partial charge in [-0.3, -0.25) is 37.3 Å². The molecule has 102 heavy (non-hydrogen) atoms. The molecular formula is C83H150O17P2. The van der Waals surface area contributed by atoms with E-state index in [1.165, 1.54) is 167 Å². The molecule has 0 aliphatic heterocycles. The standard InChI is InChI=1S/C83H150O17P2/c1-5-9-13-17-21-25-29-33-37-38-42-46-50-54-58-62-66-70-83(88)100-79(74-94-81(86)68-64-60-56-52-48-44-40-35-31-27-23-19-15-11-7-3)76-98-102(91,92)96-72-77(84)71-95-101(89,90)97-75-78(99-82(87)69-65-61-57-53-49-45-41-36-32-28-24-20-16-12-8-4)73-93-80(85)67-63-59-55-51-47-43-39-34-30-26-22-18-14-10-6-2/h21,25,27,31,33,36-37,41-42,46,54,58,77-79,84H,5-20,22-24,26,28-30,32,34-35,38-40,43-45,47-53,55-57,59-76H2,1-4H3,(H,89,90)(H,91,92)/b25-21-,31-27-,37-33-,41-36-,46-42-,58-54-/t77-,78+,79+/m0/s1. The van der Waals surface area contributed by atoms with Gasteiger partial charge in [0.05, 0.1) is 26.4 Å². The number of carbonyl (C=O) groups is 4. The molecule has 0 saturated heterocycles. The third kappa shape index (κ3) is 74.8. The predicted molar refractivity (Wildman–Crippen MR) is 418 cm³/mol. The topological polar surface area (TPSA) is 237 Å². The number of rotatable bonds is 78. The van der Waals surface area contributed by atoms with E-state index in [2.05, 4.69) is 88.5 Å². The molecule has 0 saturated carbocycles. The highest BCUT2D eigenvalue weighted by atomic mass is 31.2. The smallest absolute Gasteiger partial charge is 0.462 e. The highest BCUT2D eigenvalue weighted by molar-refractivity contribution is 7.47. The molecule has 2 unspecified atom stereocenters. The maximum absolute atomic E-state index is 13.1. The Labute approximate surface area is 622 Å². The fraction of sp³-hybridized carbons (Fsp3) is 0.807. The lowest BCUT2D eigenvalue weighted by atomic mass is 10.0. The van der Waals surface area contributed by atoms with Crippen molar-refractivity contribution in [1.82, 2.24) is 0 Å². The number of ether oxygens (including phenoxy) is 4.